The van der Waals surface area contributed by atoms with Gasteiger partial charge < -0.3 is 5.32 Å². The van der Waals surface area contributed by atoms with Gasteiger partial charge in [-0.1, -0.05) is 0 Å². The van der Waals surface area contributed by atoms with Crippen LogP contribution in [-0.4, -0.2) is 54.5 Å². The van der Waals surface area contributed by atoms with E-state index >= 15 is 0 Å². The van der Waals surface area contributed by atoms with E-state index in [1.165, 1.54) is 15.3 Å². The maximum absolute atomic E-state index is 12.9. The van der Waals surface area contributed by atoms with Gasteiger partial charge in [0.1, 0.15) is 0 Å². The van der Waals surface area contributed by atoms with E-state index in [1.54, 1.807) is 12.1 Å². The summed E-state index contributed by atoms with van der Waals surface area (Å²) in [5, 5.41) is 2.68. The lowest BCUT2D eigenvalue weighted by molar-refractivity contribution is -0.141. The first-order valence-electron chi connectivity index (χ1n) is 8.64. The average Bonchev–Trinajstić information content (AvgIpc) is 3.15. The second-order valence-corrected chi connectivity index (χ2v) is 8.77. The minimum absolute atomic E-state index is 0.143. The molecule has 0 unspecified atom stereocenters. The van der Waals surface area contributed by atoms with Gasteiger partial charge in [-0.3, -0.25) is 19.3 Å². The zero-order valence-corrected chi connectivity index (χ0v) is 14.9. The zero-order chi connectivity index (χ0) is 18.5. The standard InChI is InChI=1S/C17H19N3O5S/c21-15-10-11-9-13(1-2-14(11)18-15)26(24,25)19-7-5-12(6-8-19)20-16(22)3-4-17(20)23/h1-2,9,12H,3-8,10H2,(H,18,21). The van der Waals surface area contributed by atoms with Crippen molar-refractivity contribution in [3.63, 3.8) is 0 Å². The van der Waals surface area contributed by atoms with Crippen LogP contribution in [0.25, 0.3) is 0 Å². The molecule has 9 heteroatoms. The molecule has 1 aromatic rings. The third-order valence-electron chi connectivity index (χ3n) is 5.22. The lowest BCUT2D eigenvalue weighted by Gasteiger charge is -2.35. The summed E-state index contributed by atoms with van der Waals surface area (Å²) in [6.07, 6.45) is 1.57. The van der Waals surface area contributed by atoms with Crippen molar-refractivity contribution in [1.82, 2.24) is 9.21 Å². The molecule has 1 aromatic carbocycles. The lowest BCUT2D eigenvalue weighted by atomic mass is 10.1. The van der Waals surface area contributed by atoms with Gasteiger partial charge in [-0.15, -0.1) is 0 Å². The molecule has 3 aliphatic heterocycles. The summed E-state index contributed by atoms with van der Waals surface area (Å²) < 4.78 is 27.2. The Morgan fingerprint density at radius 1 is 1.00 bits per heavy atom. The summed E-state index contributed by atoms with van der Waals surface area (Å²) >= 11 is 0. The van der Waals surface area contributed by atoms with E-state index in [2.05, 4.69) is 5.32 Å². The van der Waals surface area contributed by atoms with Gasteiger partial charge in [-0.05, 0) is 36.6 Å². The minimum atomic E-state index is -3.67. The van der Waals surface area contributed by atoms with Crippen LogP contribution in [0, 0.1) is 0 Å². The minimum Gasteiger partial charge on any atom is -0.326 e. The zero-order valence-electron chi connectivity index (χ0n) is 14.1. The van der Waals surface area contributed by atoms with Gasteiger partial charge in [0, 0.05) is 37.7 Å². The van der Waals surface area contributed by atoms with Gasteiger partial charge in [0.25, 0.3) is 0 Å². The van der Waals surface area contributed by atoms with Crippen molar-refractivity contribution in [2.75, 3.05) is 18.4 Å². The Morgan fingerprint density at radius 2 is 1.65 bits per heavy atom. The molecule has 0 atom stereocenters. The Morgan fingerprint density at radius 3 is 2.31 bits per heavy atom. The van der Waals surface area contributed by atoms with Crippen molar-refractivity contribution in [3.05, 3.63) is 23.8 Å². The molecule has 3 heterocycles. The van der Waals surface area contributed by atoms with Crippen LogP contribution in [0.4, 0.5) is 5.69 Å². The molecular weight excluding hydrogens is 358 g/mol. The molecule has 0 saturated carbocycles. The smallest absolute Gasteiger partial charge is 0.243 e. The number of carbonyl (C=O) groups excluding carboxylic acids is 3. The Balaban J connectivity index is 1.49. The van der Waals surface area contributed by atoms with Crippen molar-refractivity contribution in [2.24, 2.45) is 0 Å². The number of anilines is 1. The lowest BCUT2D eigenvalue weighted by Crippen LogP contribution is -2.48. The molecule has 0 radical (unpaired) electrons. The van der Waals surface area contributed by atoms with Crippen LogP contribution in [0.1, 0.15) is 31.2 Å². The van der Waals surface area contributed by atoms with Crippen LogP contribution in [-0.2, 0) is 30.8 Å². The molecule has 2 fully saturated rings. The van der Waals surface area contributed by atoms with Crippen molar-refractivity contribution in [1.29, 1.82) is 0 Å². The van der Waals surface area contributed by atoms with Crippen LogP contribution >= 0.6 is 0 Å². The van der Waals surface area contributed by atoms with Crippen LogP contribution < -0.4 is 5.32 Å². The molecule has 0 bridgehead atoms. The molecule has 3 aliphatic rings. The van der Waals surface area contributed by atoms with E-state index in [9.17, 15) is 22.8 Å². The van der Waals surface area contributed by atoms with Crippen molar-refractivity contribution >= 4 is 33.4 Å². The maximum atomic E-state index is 12.9. The monoisotopic (exact) mass is 377 g/mol. The summed E-state index contributed by atoms with van der Waals surface area (Å²) in [5.74, 6) is -0.463. The largest absolute Gasteiger partial charge is 0.326 e. The third-order valence-corrected chi connectivity index (χ3v) is 7.11. The highest BCUT2D eigenvalue weighted by atomic mass is 32.2. The number of amides is 3. The van der Waals surface area contributed by atoms with E-state index in [0.29, 0.717) is 24.1 Å². The number of hydrogen-bond acceptors (Lipinski definition) is 5. The van der Waals surface area contributed by atoms with Gasteiger partial charge >= 0.3 is 0 Å². The fraction of sp³-hybridized carbons (Fsp3) is 0.471. The van der Waals surface area contributed by atoms with Crippen molar-refractivity contribution < 1.29 is 22.8 Å². The molecule has 0 spiro atoms. The number of rotatable bonds is 3. The number of benzene rings is 1. The fourth-order valence-electron chi connectivity index (χ4n) is 3.86. The molecule has 26 heavy (non-hydrogen) atoms. The second-order valence-electron chi connectivity index (χ2n) is 6.84. The molecule has 0 aliphatic carbocycles. The first-order valence-corrected chi connectivity index (χ1v) is 10.1. The molecule has 1 N–H and O–H groups in total. The number of carbonyl (C=O) groups is 3. The number of fused-ring (bicyclic) bond motifs is 1. The number of nitrogens with one attached hydrogen (secondary N) is 1. The second kappa shape index (κ2) is 6.17. The number of nitrogens with zero attached hydrogens (tertiary/aromatic N) is 2. The summed E-state index contributed by atoms with van der Waals surface area (Å²) in [4.78, 5) is 36.6. The predicted octanol–water partition coefficient (Wildman–Crippen LogP) is 0.483. The van der Waals surface area contributed by atoms with E-state index in [-0.39, 0.29) is 61.0 Å². The quantitative estimate of drug-likeness (QED) is 0.772. The van der Waals surface area contributed by atoms with E-state index in [1.807, 2.05) is 0 Å². The summed E-state index contributed by atoms with van der Waals surface area (Å²) in [5.41, 5.74) is 1.33. The summed E-state index contributed by atoms with van der Waals surface area (Å²) in [6.45, 7) is 0.524. The van der Waals surface area contributed by atoms with Crippen LogP contribution in [0.5, 0.6) is 0 Å². The number of likely N-dealkylation sites (tertiary alicyclic amines) is 1. The SMILES string of the molecule is O=C1Cc2cc(S(=O)(=O)N3CCC(N4C(=O)CCC4=O)CC3)ccc2N1. The molecule has 2 saturated heterocycles. The third kappa shape index (κ3) is 2.80. The Bertz CT molecular complexity index is 887. The highest BCUT2D eigenvalue weighted by Crippen LogP contribution is 2.30. The average molecular weight is 377 g/mol. The van der Waals surface area contributed by atoms with E-state index in [0.717, 1.165) is 0 Å². The molecule has 0 aromatic heterocycles. The maximum Gasteiger partial charge on any atom is 0.243 e. The van der Waals surface area contributed by atoms with Crippen LogP contribution in [0.3, 0.4) is 0 Å². The topological polar surface area (TPSA) is 104 Å². The Hall–Kier alpha value is -2.26. The summed E-state index contributed by atoms with van der Waals surface area (Å²) in [7, 11) is -3.67. The number of imide groups is 1. The molecular formula is C17H19N3O5S. The highest BCUT2D eigenvalue weighted by Gasteiger charge is 2.38. The molecule has 3 amide bonds. The first kappa shape index (κ1) is 17.2. The van der Waals surface area contributed by atoms with Crippen LogP contribution in [0.15, 0.2) is 23.1 Å². The number of piperidine rings is 1. The van der Waals surface area contributed by atoms with Crippen molar-refractivity contribution in [2.45, 2.75) is 43.0 Å². The molecule has 4 rings (SSSR count). The Labute approximate surface area is 151 Å². The van der Waals surface area contributed by atoms with Gasteiger partial charge in [-0.2, -0.15) is 4.31 Å². The van der Waals surface area contributed by atoms with Crippen LogP contribution in [0.2, 0.25) is 0 Å². The highest BCUT2D eigenvalue weighted by molar-refractivity contribution is 7.89. The molecule has 138 valence electrons. The van der Waals surface area contributed by atoms with Gasteiger partial charge in [0.15, 0.2) is 0 Å². The van der Waals surface area contributed by atoms with E-state index in [4.69, 9.17) is 0 Å². The van der Waals surface area contributed by atoms with Gasteiger partial charge in [0.2, 0.25) is 27.7 Å². The van der Waals surface area contributed by atoms with Crippen molar-refractivity contribution in [3.8, 4) is 0 Å². The van der Waals surface area contributed by atoms with Gasteiger partial charge in [0.05, 0.1) is 11.3 Å². The number of hydrogen-bond donors (Lipinski definition) is 1. The Kier molecular flexibility index (Phi) is 4.07. The predicted molar refractivity (Wildman–Crippen MR) is 91.6 cm³/mol. The van der Waals surface area contributed by atoms with E-state index < -0.39 is 10.0 Å². The number of sulfonamides is 1. The summed E-state index contributed by atoms with van der Waals surface area (Å²) in [6, 6.07) is 4.44. The molecule has 8 nitrogen and oxygen atoms in total. The first-order chi connectivity index (χ1) is 12.4. The fourth-order valence-corrected chi connectivity index (χ4v) is 5.38. The normalized spacial score (nSPS) is 22.0. The van der Waals surface area contributed by atoms with Gasteiger partial charge in [-0.25, -0.2) is 8.42 Å².